The first-order valence-electron chi connectivity index (χ1n) is 6.32. The number of nitrogens with one attached hydrogen (secondary N) is 1. The molecule has 0 atom stereocenters. The lowest BCUT2D eigenvalue weighted by molar-refractivity contribution is 0.244. The van der Waals surface area contributed by atoms with Crippen LogP contribution >= 0.6 is 11.3 Å². The van der Waals surface area contributed by atoms with Crippen LogP contribution < -0.4 is 15.8 Å². The summed E-state index contributed by atoms with van der Waals surface area (Å²) < 4.78 is 5.66. The maximum Gasteiger partial charge on any atom is 0.144 e. The van der Waals surface area contributed by atoms with Gasteiger partial charge in [-0.2, -0.15) is 0 Å². The molecule has 1 heterocycles. The largest absolute Gasteiger partial charge is 0.489 e. The van der Waals surface area contributed by atoms with Gasteiger partial charge in [0.05, 0.1) is 23.0 Å². The van der Waals surface area contributed by atoms with Crippen molar-refractivity contribution in [2.24, 2.45) is 0 Å². The molecule has 1 aromatic carbocycles. The van der Waals surface area contributed by atoms with Gasteiger partial charge in [0.15, 0.2) is 0 Å². The van der Waals surface area contributed by atoms with Crippen LogP contribution in [0.3, 0.4) is 0 Å². The fraction of sp³-hybridized carbons (Fsp3) is 0.357. The molecule has 0 saturated carbocycles. The molecule has 19 heavy (non-hydrogen) atoms. The van der Waals surface area contributed by atoms with Gasteiger partial charge in [-0.15, -0.1) is 11.3 Å². The quantitative estimate of drug-likeness (QED) is 0.796. The molecule has 0 unspecified atom stereocenters. The van der Waals surface area contributed by atoms with E-state index < -0.39 is 0 Å². The second-order valence-electron chi connectivity index (χ2n) is 4.58. The Bertz CT molecular complexity index is 511. The van der Waals surface area contributed by atoms with Crippen LogP contribution in [0, 0.1) is 0 Å². The highest BCUT2D eigenvalue weighted by molar-refractivity contribution is 7.07. The van der Waals surface area contributed by atoms with Crippen LogP contribution in [0.15, 0.2) is 29.1 Å². The molecule has 3 N–H and O–H groups in total. The third kappa shape index (κ3) is 4.13. The normalized spacial score (nSPS) is 10.7. The summed E-state index contributed by atoms with van der Waals surface area (Å²) in [5, 5.41) is 5.42. The van der Waals surface area contributed by atoms with Crippen molar-refractivity contribution >= 4 is 22.7 Å². The molecule has 0 radical (unpaired) electrons. The number of hydrogen-bond acceptors (Lipinski definition) is 5. The highest BCUT2D eigenvalue weighted by Crippen LogP contribution is 2.26. The van der Waals surface area contributed by atoms with E-state index in [1.807, 2.05) is 37.6 Å². The highest BCUT2D eigenvalue weighted by Gasteiger charge is 2.04. The third-order valence-electron chi connectivity index (χ3n) is 2.57. The first kappa shape index (κ1) is 13.7. The molecule has 0 saturated heterocycles. The number of hydrogen-bond donors (Lipinski definition) is 2. The van der Waals surface area contributed by atoms with E-state index in [1.54, 1.807) is 11.3 Å². The Kier molecular flexibility index (Phi) is 4.63. The fourth-order valence-electron chi connectivity index (χ4n) is 1.70. The molecule has 0 amide bonds. The van der Waals surface area contributed by atoms with E-state index in [9.17, 15) is 0 Å². The molecular weight excluding hydrogens is 258 g/mol. The van der Waals surface area contributed by atoms with Crippen molar-refractivity contribution < 1.29 is 4.74 Å². The number of rotatable bonds is 6. The number of ether oxygens (including phenoxy) is 1. The second-order valence-corrected chi connectivity index (χ2v) is 5.29. The summed E-state index contributed by atoms with van der Waals surface area (Å²) >= 11 is 1.62. The number of anilines is 2. The Labute approximate surface area is 117 Å². The number of benzene rings is 1. The number of nitrogens with zero attached hydrogens (tertiary/aromatic N) is 1. The Hall–Kier alpha value is -1.75. The average Bonchev–Trinajstić information content (AvgIpc) is 2.86. The van der Waals surface area contributed by atoms with Crippen LogP contribution in [0.25, 0.3) is 0 Å². The lowest BCUT2D eigenvalue weighted by atomic mass is 10.2. The first-order valence-corrected chi connectivity index (χ1v) is 7.26. The van der Waals surface area contributed by atoms with Crippen molar-refractivity contribution in [3.8, 4) is 5.75 Å². The van der Waals surface area contributed by atoms with Gasteiger partial charge in [0, 0.05) is 30.1 Å². The van der Waals surface area contributed by atoms with E-state index in [0.29, 0.717) is 5.69 Å². The molecular formula is C14H19N3OS. The van der Waals surface area contributed by atoms with Crippen molar-refractivity contribution in [3.63, 3.8) is 0 Å². The van der Waals surface area contributed by atoms with Crippen molar-refractivity contribution in [2.45, 2.75) is 26.4 Å². The van der Waals surface area contributed by atoms with Crippen LogP contribution in [-0.4, -0.2) is 17.6 Å². The molecule has 0 fully saturated rings. The minimum Gasteiger partial charge on any atom is -0.489 e. The topological polar surface area (TPSA) is 60.2 Å². The number of nitrogens with two attached hydrogens (primary N) is 1. The van der Waals surface area contributed by atoms with E-state index in [1.165, 1.54) is 0 Å². The summed E-state index contributed by atoms with van der Waals surface area (Å²) in [6, 6.07) is 5.77. The molecule has 4 nitrogen and oxygen atoms in total. The lowest BCUT2D eigenvalue weighted by Gasteiger charge is -2.14. The molecule has 2 rings (SSSR count). The monoisotopic (exact) mass is 277 g/mol. The van der Waals surface area contributed by atoms with Gasteiger partial charge in [-0.3, -0.25) is 0 Å². The zero-order chi connectivity index (χ0) is 13.7. The molecule has 0 aliphatic heterocycles. The van der Waals surface area contributed by atoms with Gasteiger partial charge in [0.1, 0.15) is 5.75 Å². The van der Waals surface area contributed by atoms with Gasteiger partial charge in [0.25, 0.3) is 0 Å². The molecule has 5 heteroatoms. The zero-order valence-corrected chi connectivity index (χ0v) is 12.0. The predicted octanol–water partition coefficient (Wildman–Crippen LogP) is 3.17. The number of nitrogen functional groups attached to an aromatic ring is 1. The van der Waals surface area contributed by atoms with Crippen LogP contribution in [0.2, 0.25) is 0 Å². The SMILES string of the molecule is CC(C)Oc1cc(NCCc2cscn2)ccc1N. The summed E-state index contributed by atoms with van der Waals surface area (Å²) in [6.07, 6.45) is 1.03. The minimum absolute atomic E-state index is 0.118. The summed E-state index contributed by atoms with van der Waals surface area (Å²) in [5.74, 6) is 0.730. The van der Waals surface area contributed by atoms with Gasteiger partial charge in [-0.25, -0.2) is 4.98 Å². The van der Waals surface area contributed by atoms with E-state index in [4.69, 9.17) is 10.5 Å². The molecule has 2 aromatic rings. The molecule has 1 aromatic heterocycles. The van der Waals surface area contributed by atoms with Gasteiger partial charge < -0.3 is 15.8 Å². The number of thiazole rings is 1. The third-order valence-corrected chi connectivity index (χ3v) is 3.21. The molecule has 0 bridgehead atoms. The summed E-state index contributed by atoms with van der Waals surface area (Å²) in [5.41, 5.74) is 10.5. The Balaban J connectivity index is 1.93. The smallest absolute Gasteiger partial charge is 0.144 e. The maximum absolute atomic E-state index is 5.88. The number of aromatic nitrogens is 1. The maximum atomic E-state index is 5.88. The van der Waals surface area contributed by atoms with Crippen LogP contribution in [0.5, 0.6) is 5.75 Å². The average molecular weight is 277 g/mol. The van der Waals surface area contributed by atoms with Crippen molar-refractivity contribution in [1.29, 1.82) is 0 Å². The van der Waals surface area contributed by atoms with Crippen LogP contribution in [0.1, 0.15) is 19.5 Å². The Morgan fingerprint density at radius 1 is 1.42 bits per heavy atom. The van der Waals surface area contributed by atoms with Crippen molar-refractivity contribution in [2.75, 3.05) is 17.6 Å². The van der Waals surface area contributed by atoms with Crippen molar-refractivity contribution in [1.82, 2.24) is 4.98 Å². The van der Waals surface area contributed by atoms with Crippen LogP contribution in [-0.2, 0) is 6.42 Å². The van der Waals surface area contributed by atoms with Crippen LogP contribution in [0.4, 0.5) is 11.4 Å². The van der Waals surface area contributed by atoms with Gasteiger partial charge in [-0.1, -0.05) is 0 Å². The van der Waals surface area contributed by atoms with Crippen molar-refractivity contribution in [3.05, 3.63) is 34.8 Å². The first-order chi connectivity index (χ1) is 9.15. The fourth-order valence-corrected chi connectivity index (χ4v) is 2.29. The van der Waals surface area contributed by atoms with E-state index >= 15 is 0 Å². The lowest BCUT2D eigenvalue weighted by Crippen LogP contribution is -2.09. The molecule has 102 valence electrons. The summed E-state index contributed by atoms with van der Waals surface area (Å²) in [4.78, 5) is 4.25. The van der Waals surface area contributed by atoms with E-state index in [2.05, 4.69) is 15.7 Å². The standard InChI is InChI=1S/C14H19N3OS/c1-10(2)18-14-7-11(3-4-13(14)15)16-6-5-12-8-19-9-17-12/h3-4,7-10,16H,5-6,15H2,1-2H3. The van der Waals surface area contributed by atoms with E-state index in [0.717, 1.165) is 30.1 Å². The highest BCUT2D eigenvalue weighted by atomic mass is 32.1. The Morgan fingerprint density at radius 3 is 2.95 bits per heavy atom. The van der Waals surface area contributed by atoms with Gasteiger partial charge in [-0.05, 0) is 26.0 Å². The summed E-state index contributed by atoms with van der Waals surface area (Å²) in [7, 11) is 0. The van der Waals surface area contributed by atoms with Gasteiger partial charge >= 0.3 is 0 Å². The molecule has 0 aliphatic rings. The minimum atomic E-state index is 0.118. The van der Waals surface area contributed by atoms with Gasteiger partial charge in [0.2, 0.25) is 0 Å². The van der Waals surface area contributed by atoms with E-state index in [-0.39, 0.29) is 6.10 Å². The second kappa shape index (κ2) is 6.43. The zero-order valence-electron chi connectivity index (χ0n) is 11.2. The molecule has 0 aliphatic carbocycles. The molecule has 0 spiro atoms. The summed E-state index contributed by atoms with van der Waals surface area (Å²) in [6.45, 7) is 4.82. The predicted molar refractivity (Wildman–Crippen MR) is 80.9 cm³/mol. The Morgan fingerprint density at radius 2 is 2.26 bits per heavy atom.